The van der Waals surface area contributed by atoms with E-state index in [1.807, 2.05) is 6.92 Å². The molecule has 1 rings (SSSR count). The first-order valence-corrected chi connectivity index (χ1v) is 11.5. The second-order valence-electron chi connectivity index (χ2n) is 7.99. The molecule has 0 unspecified atom stereocenters. The maximum Gasteiger partial charge on any atom is 0.331 e. The van der Waals surface area contributed by atoms with Crippen molar-refractivity contribution in [1.82, 2.24) is 0 Å². The van der Waals surface area contributed by atoms with E-state index in [2.05, 4.69) is 33.9 Å². The summed E-state index contributed by atoms with van der Waals surface area (Å²) in [6.45, 7) is 12.7. The van der Waals surface area contributed by atoms with Crippen LogP contribution in [-0.2, 0) is 18.8 Å². The van der Waals surface area contributed by atoms with Crippen molar-refractivity contribution in [2.75, 3.05) is 0 Å². The van der Waals surface area contributed by atoms with Crippen LogP contribution in [-0.4, -0.2) is 32.3 Å². The fourth-order valence-corrected chi connectivity index (χ4v) is 3.58. The predicted molar refractivity (Wildman–Crippen MR) is 94.9 cm³/mol. The van der Waals surface area contributed by atoms with Crippen molar-refractivity contribution in [1.29, 1.82) is 0 Å². The van der Waals surface area contributed by atoms with E-state index in [-0.39, 0.29) is 16.9 Å². The summed E-state index contributed by atoms with van der Waals surface area (Å²) in [7, 11) is -2.02. The average Bonchev–Trinajstić information content (AvgIpc) is 2.40. The monoisotopic (exact) mass is 340 g/mol. The van der Waals surface area contributed by atoms with Gasteiger partial charge in [0.25, 0.3) is 0 Å². The molecule has 2 atom stereocenters. The number of carbonyl (C=O) groups is 2. The molecule has 0 saturated carbocycles. The Morgan fingerprint density at radius 2 is 1.70 bits per heavy atom. The number of carbonyl (C=O) groups excluding carboxylic acids is 2. The fraction of sp³-hybridized carbons (Fsp3) is 0.778. The van der Waals surface area contributed by atoms with Crippen LogP contribution >= 0.6 is 0 Å². The molecule has 0 saturated heterocycles. The lowest BCUT2D eigenvalue weighted by atomic mass is 10.0. The molecule has 0 fully saturated rings. The van der Waals surface area contributed by atoms with E-state index in [9.17, 15) is 9.59 Å². The highest BCUT2D eigenvalue weighted by molar-refractivity contribution is 6.74. The van der Waals surface area contributed by atoms with Gasteiger partial charge in [0.05, 0.1) is 6.10 Å². The molecule has 0 bridgehead atoms. The smallest absolute Gasteiger partial charge is 0.331 e. The Bertz CT molecular complexity index is 448. The van der Waals surface area contributed by atoms with E-state index < -0.39 is 20.4 Å². The second kappa shape index (κ2) is 8.24. The van der Waals surface area contributed by atoms with Crippen molar-refractivity contribution in [3.8, 4) is 0 Å². The van der Waals surface area contributed by atoms with Crippen LogP contribution in [0.5, 0.6) is 0 Å². The molecule has 132 valence electrons. The van der Waals surface area contributed by atoms with Gasteiger partial charge >= 0.3 is 5.97 Å². The summed E-state index contributed by atoms with van der Waals surface area (Å²) >= 11 is 0. The largest absolute Gasteiger partial charge is 0.460 e. The summed E-state index contributed by atoms with van der Waals surface area (Å²) in [5, 5.41) is 0.0506. The molecule has 23 heavy (non-hydrogen) atoms. The molecule has 5 heteroatoms. The van der Waals surface area contributed by atoms with Gasteiger partial charge in [-0.05, 0) is 50.4 Å². The maximum atomic E-state index is 12.5. The third-order valence-corrected chi connectivity index (χ3v) is 9.32. The molecule has 4 nitrogen and oxygen atoms in total. The molecule has 1 aliphatic heterocycles. The van der Waals surface area contributed by atoms with Gasteiger partial charge in [-0.1, -0.05) is 33.6 Å². The lowest BCUT2D eigenvalue weighted by Gasteiger charge is -2.38. The number of hydrogen-bond acceptors (Lipinski definition) is 4. The highest BCUT2D eigenvalue weighted by Crippen LogP contribution is 2.38. The van der Waals surface area contributed by atoms with E-state index in [0.29, 0.717) is 0 Å². The van der Waals surface area contributed by atoms with Crippen LogP contribution < -0.4 is 0 Å². The minimum absolute atomic E-state index is 0.0506. The molecule has 0 spiro atoms. The first-order valence-electron chi connectivity index (χ1n) is 8.63. The second-order valence-corrected chi connectivity index (χ2v) is 12.7. The number of ether oxygens (including phenoxy) is 1. The van der Waals surface area contributed by atoms with Gasteiger partial charge in [0.15, 0.2) is 14.1 Å². The maximum absolute atomic E-state index is 12.5. The summed E-state index contributed by atoms with van der Waals surface area (Å²) in [5.41, 5.74) is 0. The normalized spacial score (nSPS) is 26.9. The lowest BCUT2D eigenvalue weighted by molar-refractivity contribution is -0.142. The first kappa shape index (κ1) is 20.1. The average molecular weight is 341 g/mol. The molecule has 0 aliphatic carbocycles. The molecule has 0 aromatic heterocycles. The molecule has 0 aromatic carbocycles. The molecule has 0 radical (unpaired) electrons. The molecule has 0 aromatic rings. The zero-order valence-corrected chi connectivity index (χ0v) is 16.5. The van der Waals surface area contributed by atoms with Crippen LogP contribution in [0.3, 0.4) is 0 Å². The number of rotatable bonds is 2. The van der Waals surface area contributed by atoms with Gasteiger partial charge in [0.1, 0.15) is 6.10 Å². The minimum atomic E-state index is -2.02. The van der Waals surface area contributed by atoms with Crippen molar-refractivity contribution in [2.24, 2.45) is 0 Å². The Morgan fingerprint density at radius 3 is 2.30 bits per heavy atom. The van der Waals surface area contributed by atoms with Crippen molar-refractivity contribution in [3.63, 3.8) is 0 Å². The topological polar surface area (TPSA) is 52.6 Å². The van der Waals surface area contributed by atoms with Crippen LogP contribution in [0, 0.1) is 0 Å². The predicted octanol–water partition coefficient (Wildman–Crippen LogP) is 4.40. The lowest BCUT2D eigenvalue weighted by Crippen LogP contribution is -2.45. The van der Waals surface area contributed by atoms with E-state index in [0.717, 1.165) is 32.1 Å². The molecule has 1 heterocycles. The zero-order chi connectivity index (χ0) is 17.7. The number of esters is 1. The third kappa shape index (κ3) is 6.59. The van der Waals surface area contributed by atoms with Gasteiger partial charge in [-0.2, -0.15) is 0 Å². The summed E-state index contributed by atoms with van der Waals surface area (Å²) in [5.74, 6) is -0.572. The van der Waals surface area contributed by atoms with Crippen LogP contribution in [0.15, 0.2) is 12.2 Å². The summed E-state index contributed by atoms with van der Waals surface area (Å²) in [4.78, 5) is 24.2. The Morgan fingerprint density at radius 1 is 1.09 bits per heavy atom. The van der Waals surface area contributed by atoms with Crippen LogP contribution in [0.1, 0.15) is 59.8 Å². The van der Waals surface area contributed by atoms with Crippen molar-refractivity contribution in [2.45, 2.75) is 90.1 Å². The van der Waals surface area contributed by atoms with Gasteiger partial charge in [-0.3, -0.25) is 4.79 Å². The Labute approximate surface area is 141 Å². The Kier molecular flexibility index (Phi) is 7.20. The highest BCUT2D eigenvalue weighted by Gasteiger charge is 2.40. The minimum Gasteiger partial charge on any atom is -0.460 e. The van der Waals surface area contributed by atoms with E-state index in [1.54, 1.807) is 0 Å². The van der Waals surface area contributed by atoms with Crippen LogP contribution in [0.4, 0.5) is 0 Å². The molecule has 0 amide bonds. The zero-order valence-electron chi connectivity index (χ0n) is 15.5. The number of ketones is 1. The standard InChI is InChI=1S/C18H32O4Si/c1-14-10-8-7-9-11-16(15(19)12-13-17(20)21-14)22-23(5,6)18(2,3)4/h12-14,16H,7-11H2,1-6H3/b13-12+/t14-,16+/m1/s1. The van der Waals surface area contributed by atoms with Crippen molar-refractivity contribution in [3.05, 3.63) is 12.2 Å². The molecular formula is C18H32O4Si. The van der Waals surface area contributed by atoms with Crippen molar-refractivity contribution < 1.29 is 18.8 Å². The van der Waals surface area contributed by atoms with Gasteiger partial charge in [0, 0.05) is 6.08 Å². The molecule has 1 aliphatic rings. The third-order valence-electron chi connectivity index (χ3n) is 4.84. The molecule has 0 N–H and O–H groups in total. The van der Waals surface area contributed by atoms with Crippen molar-refractivity contribution >= 4 is 20.1 Å². The van der Waals surface area contributed by atoms with Crippen LogP contribution in [0.2, 0.25) is 18.1 Å². The van der Waals surface area contributed by atoms with Gasteiger partial charge in [-0.15, -0.1) is 0 Å². The van der Waals surface area contributed by atoms with Gasteiger partial charge in [0.2, 0.25) is 0 Å². The van der Waals surface area contributed by atoms with E-state index >= 15 is 0 Å². The Balaban J connectivity index is 2.87. The summed E-state index contributed by atoms with van der Waals surface area (Å²) < 4.78 is 11.6. The number of hydrogen-bond donors (Lipinski definition) is 0. The van der Waals surface area contributed by atoms with Crippen LogP contribution in [0.25, 0.3) is 0 Å². The Hall–Kier alpha value is -0.943. The fourth-order valence-electron chi connectivity index (χ4n) is 2.28. The molecular weight excluding hydrogens is 308 g/mol. The first-order chi connectivity index (χ1) is 10.5. The van der Waals surface area contributed by atoms with E-state index in [1.165, 1.54) is 12.2 Å². The van der Waals surface area contributed by atoms with Gasteiger partial charge in [-0.25, -0.2) is 4.79 Å². The quantitative estimate of drug-likeness (QED) is 0.552. The summed E-state index contributed by atoms with van der Waals surface area (Å²) in [6, 6.07) is 0. The number of cyclic esters (lactones) is 1. The summed E-state index contributed by atoms with van der Waals surface area (Å²) in [6.07, 6.45) is 6.59. The SMILES string of the molecule is C[C@@H]1CCCCC[C@H](O[Si](C)(C)C(C)(C)C)C(=O)/C=C/C(=O)O1. The van der Waals surface area contributed by atoms with Gasteiger partial charge < -0.3 is 9.16 Å². The highest BCUT2D eigenvalue weighted by atomic mass is 28.4. The van der Waals surface area contributed by atoms with E-state index in [4.69, 9.17) is 9.16 Å².